The molecule has 4 nitrogen and oxygen atoms in total. The minimum absolute atomic E-state index is 0.127. The summed E-state index contributed by atoms with van der Waals surface area (Å²) in [6.07, 6.45) is 2.65. The molecule has 0 atom stereocenters. The Morgan fingerprint density at radius 3 is 3.06 bits per heavy atom. The Balaban J connectivity index is 2.08. The van der Waals surface area contributed by atoms with Gasteiger partial charge >= 0.3 is 0 Å². The van der Waals surface area contributed by atoms with Crippen LogP contribution in [0.15, 0.2) is 29.0 Å². The Kier molecular flexibility index (Phi) is 3.36. The smallest absolute Gasteiger partial charge is 0.183 e. The van der Waals surface area contributed by atoms with Crippen LogP contribution in [0.5, 0.6) is 0 Å². The van der Waals surface area contributed by atoms with Crippen molar-refractivity contribution < 1.29 is 8.81 Å². The lowest BCUT2D eigenvalue weighted by atomic mass is 10.4. The SMILES string of the molecule is Fc1cnc(CCl)nc1NCc1ccco1. The Labute approximate surface area is 96.5 Å². The van der Waals surface area contributed by atoms with Crippen LogP contribution >= 0.6 is 11.6 Å². The number of alkyl halides is 1. The minimum Gasteiger partial charge on any atom is -0.467 e. The van der Waals surface area contributed by atoms with E-state index in [9.17, 15) is 4.39 Å². The van der Waals surface area contributed by atoms with Crippen molar-refractivity contribution in [2.75, 3.05) is 5.32 Å². The minimum atomic E-state index is -0.513. The molecule has 2 aromatic heterocycles. The molecule has 0 aliphatic carbocycles. The summed E-state index contributed by atoms with van der Waals surface area (Å²) in [5.41, 5.74) is 0. The lowest BCUT2D eigenvalue weighted by molar-refractivity contribution is 0.516. The first-order chi connectivity index (χ1) is 7.79. The van der Waals surface area contributed by atoms with E-state index in [4.69, 9.17) is 16.0 Å². The Morgan fingerprint density at radius 2 is 2.38 bits per heavy atom. The van der Waals surface area contributed by atoms with Gasteiger partial charge in [0.25, 0.3) is 0 Å². The molecular formula is C10H9ClFN3O. The van der Waals surface area contributed by atoms with E-state index in [1.807, 2.05) is 0 Å². The maximum atomic E-state index is 13.3. The number of aromatic nitrogens is 2. The molecule has 2 aromatic rings. The van der Waals surface area contributed by atoms with Crippen LogP contribution in [0.1, 0.15) is 11.6 Å². The van der Waals surface area contributed by atoms with Crippen LogP contribution in [-0.2, 0) is 12.4 Å². The number of anilines is 1. The molecular weight excluding hydrogens is 233 g/mol. The molecule has 16 heavy (non-hydrogen) atoms. The Bertz CT molecular complexity index is 461. The van der Waals surface area contributed by atoms with E-state index in [0.717, 1.165) is 6.20 Å². The van der Waals surface area contributed by atoms with Gasteiger partial charge in [-0.3, -0.25) is 0 Å². The van der Waals surface area contributed by atoms with Crippen molar-refractivity contribution in [2.45, 2.75) is 12.4 Å². The zero-order valence-electron chi connectivity index (χ0n) is 8.28. The molecule has 0 unspecified atom stereocenters. The molecule has 6 heteroatoms. The third kappa shape index (κ3) is 2.49. The van der Waals surface area contributed by atoms with Gasteiger partial charge in [0.1, 0.15) is 11.6 Å². The predicted molar refractivity (Wildman–Crippen MR) is 57.6 cm³/mol. The molecule has 0 bridgehead atoms. The van der Waals surface area contributed by atoms with Crippen LogP contribution in [0.2, 0.25) is 0 Å². The summed E-state index contributed by atoms with van der Waals surface area (Å²) in [4.78, 5) is 7.64. The summed E-state index contributed by atoms with van der Waals surface area (Å²) in [5, 5.41) is 2.81. The Morgan fingerprint density at radius 1 is 1.50 bits per heavy atom. The number of rotatable bonds is 4. The highest BCUT2D eigenvalue weighted by atomic mass is 35.5. The first kappa shape index (κ1) is 10.9. The van der Waals surface area contributed by atoms with E-state index in [1.165, 1.54) is 0 Å². The van der Waals surface area contributed by atoms with Gasteiger partial charge in [0, 0.05) is 0 Å². The fourth-order valence-electron chi connectivity index (χ4n) is 1.18. The fourth-order valence-corrected chi connectivity index (χ4v) is 1.30. The van der Waals surface area contributed by atoms with Gasteiger partial charge in [-0.2, -0.15) is 0 Å². The molecule has 0 fully saturated rings. The van der Waals surface area contributed by atoms with Gasteiger partial charge in [-0.15, -0.1) is 11.6 Å². The average molecular weight is 242 g/mol. The van der Waals surface area contributed by atoms with E-state index < -0.39 is 5.82 Å². The van der Waals surface area contributed by atoms with E-state index in [1.54, 1.807) is 18.4 Å². The molecule has 0 saturated heterocycles. The second-order valence-electron chi connectivity index (χ2n) is 3.05. The zero-order chi connectivity index (χ0) is 11.4. The van der Waals surface area contributed by atoms with Gasteiger partial charge in [-0.1, -0.05) is 0 Å². The molecule has 0 aliphatic rings. The lowest BCUT2D eigenvalue weighted by Gasteiger charge is -2.05. The zero-order valence-corrected chi connectivity index (χ0v) is 9.04. The molecule has 0 saturated carbocycles. The number of hydrogen-bond donors (Lipinski definition) is 1. The maximum Gasteiger partial charge on any atom is 0.183 e. The van der Waals surface area contributed by atoms with Gasteiger partial charge in [0.2, 0.25) is 0 Å². The first-order valence-electron chi connectivity index (χ1n) is 4.63. The topological polar surface area (TPSA) is 51.0 Å². The van der Waals surface area contributed by atoms with Crippen molar-refractivity contribution in [3.05, 3.63) is 42.0 Å². The first-order valence-corrected chi connectivity index (χ1v) is 5.16. The maximum absolute atomic E-state index is 13.3. The summed E-state index contributed by atoms with van der Waals surface area (Å²) >= 11 is 5.56. The number of nitrogens with one attached hydrogen (secondary N) is 1. The molecule has 0 radical (unpaired) electrons. The van der Waals surface area contributed by atoms with Gasteiger partial charge in [-0.25, -0.2) is 14.4 Å². The van der Waals surface area contributed by atoms with E-state index in [2.05, 4.69) is 15.3 Å². The van der Waals surface area contributed by atoms with E-state index >= 15 is 0 Å². The van der Waals surface area contributed by atoms with Crippen molar-refractivity contribution in [1.82, 2.24) is 9.97 Å². The van der Waals surface area contributed by atoms with Crippen LogP contribution in [0.3, 0.4) is 0 Å². The van der Waals surface area contributed by atoms with Crippen LogP contribution in [0.4, 0.5) is 10.2 Å². The van der Waals surface area contributed by atoms with Crippen molar-refractivity contribution in [2.24, 2.45) is 0 Å². The molecule has 84 valence electrons. The van der Waals surface area contributed by atoms with Crippen LogP contribution in [0.25, 0.3) is 0 Å². The summed E-state index contributed by atoms with van der Waals surface area (Å²) in [5.74, 6) is 0.841. The highest BCUT2D eigenvalue weighted by Gasteiger charge is 2.06. The standard InChI is InChI=1S/C10H9ClFN3O/c11-4-9-13-6-8(12)10(15-9)14-5-7-2-1-3-16-7/h1-3,6H,4-5H2,(H,13,14,15). The molecule has 2 rings (SSSR count). The van der Waals surface area contributed by atoms with Crippen molar-refractivity contribution in [3.8, 4) is 0 Å². The van der Waals surface area contributed by atoms with Crippen molar-refractivity contribution >= 4 is 17.4 Å². The molecule has 0 aromatic carbocycles. The second kappa shape index (κ2) is 4.94. The second-order valence-corrected chi connectivity index (χ2v) is 3.32. The van der Waals surface area contributed by atoms with Gasteiger partial charge < -0.3 is 9.73 Å². The number of halogens is 2. The fraction of sp³-hybridized carbons (Fsp3) is 0.200. The van der Waals surface area contributed by atoms with Gasteiger partial charge in [-0.05, 0) is 12.1 Å². The highest BCUT2D eigenvalue weighted by molar-refractivity contribution is 6.16. The third-order valence-corrected chi connectivity index (χ3v) is 2.16. The number of hydrogen-bond acceptors (Lipinski definition) is 4. The molecule has 2 heterocycles. The predicted octanol–water partition coefficient (Wildman–Crippen LogP) is 2.56. The van der Waals surface area contributed by atoms with Crippen LogP contribution < -0.4 is 5.32 Å². The normalized spacial score (nSPS) is 10.4. The van der Waals surface area contributed by atoms with E-state index in [0.29, 0.717) is 18.1 Å². The lowest BCUT2D eigenvalue weighted by Crippen LogP contribution is -2.05. The highest BCUT2D eigenvalue weighted by Crippen LogP contribution is 2.12. The Hall–Kier alpha value is -1.62. The largest absolute Gasteiger partial charge is 0.467 e. The average Bonchev–Trinajstić information content (AvgIpc) is 2.81. The van der Waals surface area contributed by atoms with Crippen molar-refractivity contribution in [1.29, 1.82) is 0 Å². The van der Waals surface area contributed by atoms with E-state index in [-0.39, 0.29) is 11.7 Å². The number of nitrogens with zero attached hydrogens (tertiary/aromatic N) is 2. The monoisotopic (exact) mass is 241 g/mol. The summed E-state index contributed by atoms with van der Waals surface area (Å²) < 4.78 is 18.4. The molecule has 1 N–H and O–H groups in total. The van der Waals surface area contributed by atoms with Gasteiger partial charge in [0.15, 0.2) is 11.6 Å². The molecule has 0 aliphatic heterocycles. The van der Waals surface area contributed by atoms with Gasteiger partial charge in [0.05, 0.1) is 24.9 Å². The summed E-state index contributed by atoms with van der Waals surface area (Å²) in [7, 11) is 0. The third-order valence-electron chi connectivity index (χ3n) is 1.92. The number of furan rings is 1. The van der Waals surface area contributed by atoms with Crippen LogP contribution in [0, 0.1) is 5.82 Å². The quantitative estimate of drug-likeness (QED) is 0.836. The van der Waals surface area contributed by atoms with Crippen LogP contribution in [-0.4, -0.2) is 9.97 Å². The molecule has 0 amide bonds. The van der Waals surface area contributed by atoms with Crippen molar-refractivity contribution in [3.63, 3.8) is 0 Å². The summed E-state index contributed by atoms with van der Waals surface area (Å²) in [6.45, 7) is 0.364. The molecule has 0 spiro atoms. The summed E-state index contributed by atoms with van der Waals surface area (Å²) in [6, 6.07) is 3.55.